The van der Waals surface area contributed by atoms with Crippen LogP contribution in [0.2, 0.25) is 0 Å². The zero-order chi connectivity index (χ0) is 7.26. The summed E-state index contributed by atoms with van der Waals surface area (Å²) in [5.74, 6) is 0.819. The van der Waals surface area contributed by atoms with Crippen LogP contribution in [0, 0.1) is 0 Å². The number of hydrogen-bond donors (Lipinski definition) is 0. The lowest BCUT2D eigenvalue weighted by atomic mass is 9.97. The molecule has 0 heterocycles. The molecule has 2 aliphatic rings. The van der Waals surface area contributed by atoms with E-state index in [4.69, 9.17) is 0 Å². The van der Waals surface area contributed by atoms with Crippen molar-refractivity contribution in [3.05, 3.63) is 47.0 Å². The predicted molar refractivity (Wildman–Crippen MR) is 45.6 cm³/mol. The van der Waals surface area contributed by atoms with Gasteiger partial charge in [-0.25, -0.2) is 0 Å². The van der Waals surface area contributed by atoms with Gasteiger partial charge in [-0.3, -0.25) is 0 Å². The van der Waals surface area contributed by atoms with Gasteiger partial charge in [0.05, 0.1) is 0 Å². The maximum atomic E-state index is 2.40. The van der Waals surface area contributed by atoms with E-state index in [2.05, 4.69) is 30.3 Å². The van der Waals surface area contributed by atoms with E-state index in [0.29, 0.717) is 0 Å². The van der Waals surface area contributed by atoms with Crippen LogP contribution in [0.1, 0.15) is 23.5 Å². The Kier molecular flexibility index (Phi) is 0.894. The average molecular weight is 142 g/mol. The fourth-order valence-electron chi connectivity index (χ4n) is 2.01. The number of hydrogen-bond acceptors (Lipinski definition) is 0. The highest BCUT2D eigenvalue weighted by Gasteiger charge is 2.34. The van der Waals surface area contributed by atoms with Crippen molar-refractivity contribution < 1.29 is 0 Å². The highest BCUT2D eigenvalue weighted by molar-refractivity contribution is 5.49. The van der Waals surface area contributed by atoms with Gasteiger partial charge in [0.2, 0.25) is 0 Å². The van der Waals surface area contributed by atoms with E-state index in [1.165, 1.54) is 12.8 Å². The third-order valence-corrected chi connectivity index (χ3v) is 2.74. The molecule has 1 unspecified atom stereocenters. The van der Waals surface area contributed by atoms with E-state index in [-0.39, 0.29) is 0 Å². The Balaban J connectivity index is 2.21. The summed E-state index contributed by atoms with van der Waals surface area (Å²) in [5, 5.41) is 0. The summed E-state index contributed by atoms with van der Waals surface area (Å²) in [7, 11) is 0. The van der Waals surface area contributed by atoms with Crippen LogP contribution in [-0.2, 0) is 6.42 Å². The van der Waals surface area contributed by atoms with Crippen LogP contribution in [0.3, 0.4) is 0 Å². The normalized spacial score (nSPS) is 25.1. The van der Waals surface area contributed by atoms with Gasteiger partial charge in [0.25, 0.3) is 0 Å². The standard InChI is InChI=1S/C11H10/c1-2-4-10-8(3-1)5-6-9-7-11(9)10/h1-4,6,11H,5,7H2. The lowest BCUT2D eigenvalue weighted by Gasteiger charge is -2.08. The molecule has 0 radical (unpaired) electrons. The molecule has 2 aliphatic carbocycles. The topological polar surface area (TPSA) is 0 Å². The van der Waals surface area contributed by atoms with Gasteiger partial charge >= 0.3 is 0 Å². The fraction of sp³-hybridized carbons (Fsp3) is 0.273. The van der Waals surface area contributed by atoms with Crippen LogP contribution >= 0.6 is 0 Å². The Morgan fingerprint density at radius 2 is 2.09 bits per heavy atom. The minimum absolute atomic E-state index is 0.819. The van der Waals surface area contributed by atoms with Gasteiger partial charge in [-0.05, 0) is 24.0 Å². The van der Waals surface area contributed by atoms with E-state index < -0.39 is 0 Å². The lowest BCUT2D eigenvalue weighted by Crippen LogP contribution is -1.93. The van der Waals surface area contributed by atoms with Crippen molar-refractivity contribution in [2.24, 2.45) is 0 Å². The molecule has 54 valence electrons. The van der Waals surface area contributed by atoms with Gasteiger partial charge in [0.1, 0.15) is 0 Å². The van der Waals surface area contributed by atoms with Gasteiger partial charge in [-0.15, -0.1) is 0 Å². The first kappa shape index (κ1) is 5.59. The quantitative estimate of drug-likeness (QED) is 0.488. The molecule has 0 nitrogen and oxygen atoms in total. The molecule has 0 N–H and O–H groups in total. The minimum Gasteiger partial charge on any atom is -0.0803 e. The first-order valence-corrected chi connectivity index (χ1v) is 4.22. The number of rotatable bonds is 0. The third kappa shape index (κ3) is 0.697. The molecular formula is C11H10. The smallest absolute Gasteiger partial charge is 0.00888 e. The molecule has 0 spiro atoms. The fourth-order valence-corrected chi connectivity index (χ4v) is 2.01. The second-order valence-corrected chi connectivity index (χ2v) is 3.44. The lowest BCUT2D eigenvalue weighted by molar-refractivity contribution is 1.06. The summed E-state index contributed by atoms with van der Waals surface area (Å²) in [5.41, 5.74) is 4.80. The Hall–Kier alpha value is -1.04. The van der Waals surface area contributed by atoms with Crippen LogP contribution in [0.15, 0.2) is 35.9 Å². The van der Waals surface area contributed by atoms with Crippen molar-refractivity contribution in [3.8, 4) is 0 Å². The van der Waals surface area contributed by atoms with Gasteiger partial charge in [0, 0.05) is 5.92 Å². The zero-order valence-electron chi connectivity index (χ0n) is 6.38. The van der Waals surface area contributed by atoms with E-state index in [0.717, 1.165) is 5.92 Å². The predicted octanol–water partition coefficient (Wildman–Crippen LogP) is 2.66. The maximum Gasteiger partial charge on any atom is 0.00888 e. The number of benzene rings is 1. The molecule has 1 fully saturated rings. The largest absolute Gasteiger partial charge is 0.0803 e. The molecule has 11 heavy (non-hydrogen) atoms. The third-order valence-electron chi connectivity index (χ3n) is 2.74. The SMILES string of the molecule is C1=C2CC2c2ccccc2C1. The van der Waals surface area contributed by atoms with Gasteiger partial charge in [-0.1, -0.05) is 35.9 Å². The Morgan fingerprint density at radius 1 is 1.18 bits per heavy atom. The Morgan fingerprint density at radius 3 is 3.09 bits per heavy atom. The Bertz CT molecular complexity index is 334. The summed E-state index contributed by atoms with van der Waals surface area (Å²) in [4.78, 5) is 0. The summed E-state index contributed by atoms with van der Waals surface area (Å²) in [6, 6.07) is 8.82. The maximum absolute atomic E-state index is 2.40. The first-order valence-electron chi connectivity index (χ1n) is 4.22. The average Bonchev–Trinajstić information content (AvgIpc) is 2.83. The van der Waals surface area contributed by atoms with Gasteiger partial charge in [0.15, 0.2) is 0 Å². The molecule has 1 atom stereocenters. The van der Waals surface area contributed by atoms with E-state index in [1.54, 1.807) is 16.7 Å². The number of fused-ring (bicyclic) bond motifs is 3. The highest BCUT2D eigenvalue weighted by Crippen LogP contribution is 2.50. The van der Waals surface area contributed by atoms with Crippen LogP contribution in [-0.4, -0.2) is 0 Å². The van der Waals surface area contributed by atoms with E-state index in [9.17, 15) is 0 Å². The minimum atomic E-state index is 0.819. The summed E-state index contributed by atoms with van der Waals surface area (Å²) >= 11 is 0. The molecule has 3 rings (SSSR count). The zero-order valence-corrected chi connectivity index (χ0v) is 6.38. The number of allylic oxidation sites excluding steroid dienone is 2. The van der Waals surface area contributed by atoms with Crippen LogP contribution in [0.5, 0.6) is 0 Å². The van der Waals surface area contributed by atoms with Crippen LogP contribution < -0.4 is 0 Å². The second kappa shape index (κ2) is 1.76. The molecule has 1 aromatic carbocycles. The first-order chi connectivity index (χ1) is 5.45. The molecule has 0 aliphatic heterocycles. The van der Waals surface area contributed by atoms with Crippen molar-refractivity contribution in [1.82, 2.24) is 0 Å². The van der Waals surface area contributed by atoms with Crippen molar-refractivity contribution in [1.29, 1.82) is 0 Å². The molecule has 0 amide bonds. The molecule has 1 aromatic rings. The Labute approximate surface area is 66.6 Å². The monoisotopic (exact) mass is 142 g/mol. The van der Waals surface area contributed by atoms with E-state index in [1.807, 2.05) is 0 Å². The summed E-state index contributed by atoms with van der Waals surface area (Å²) < 4.78 is 0. The van der Waals surface area contributed by atoms with Crippen LogP contribution in [0.4, 0.5) is 0 Å². The van der Waals surface area contributed by atoms with Crippen molar-refractivity contribution in [3.63, 3.8) is 0 Å². The molecule has 1 saturated carbocycles. The molecular weight excluding hydrogens is 132 g/mol. The van der Waals surface area contributed by atoms with E-state index >= 15 is 0 Å². The molecule has 0 aromatic heterocycles. The highest BCUT2D eigenvalue weighted by atomic mass is 14.4. The van der Waals surface area contributed by atoms with Crippen molar-refractivity contribution >= 4 is 0 Å². The second-order valence-electron chi connectivity index (χ2n) is 3.44. The molecule has 0 heteroatoms. The summed E-state index contributed by atoms with van der Waals surface area (Å²) in [6.45, 7) is 0. The van der Waals surface area contributed by atoms with Gasteiger partial charge in [-0.2, -0.15) is 0 Å². The van der Waals surface area contributed by atoms with Crippen molar-refractivity contribution in [2.75, 3.05) is 0 Å². The van der Waals surface area contributed by atoms with Gasteiger partial charge < -0.3 is 0 Å². The van der Waals surface area contributed by atoms with Crippen LogP contribution in [0.25, 0.3) is 0 Å². The molecule has 0 saturated heterocycles. The summed E-state index contributed by atoms with van der Waals surface area (Å²) in [6.07, 6.45) is 4.89. The molecule has 0 bridgehead atoms. The van der Waals surface area contributed by atoms with Crippen molar-refractivity contribution in [2.45, 2.75) is 18.8 Å².